The molecule has 0 saturated heterocycles. The van der Waals surface area contributed by atoms with Gasteiger partial charge in [0.25, 0.3) is 5.69 Å². The summed E-state index contributed by atoms with van der Waals surface area (Å²) in [6.45, 7) is 0. The van der Waals surface area contributed by atoms with Crippen molar-refractivity contribution in [3.8, 4) is 17.6 Å². The first-order valence-corrected chi connectivity index (χ1v) is 7.54. The molecule has 1 N–H and O–H groups in total. The lowest BCUT2D eigenvalue weighted by Crippen LogP contribution is -1.97. The van der Waals surface area contributed by atoms with Crippen LogP contribution >= 0.6 is 0 Å². The number of hydrogen-bond acceptors (Lipinski definition) is 6. The van der Waals surface area contributed by atoms with Gasteiger partial charge in [0.15, 0.2) is 11.5 Å². The van der Waals surface area contributed by atoms with Gasteiger partial charge in [0.2, 0.25) is 0 Å². The number of aromatic amines is 1. The van der Waals surface area contributed by atoms with E-state index in [1.54, 1.807) is 0 Å². The van der Waals surface area contributed by atoms with Crippen LogP contribution in [0.3, 0.4) is 0 Å². The van der Waals surface area contributed by atoms with E-state index in [1.807, 2.05) is 30.3 Å². The number of para-hydroxylation sites is 2. The number of nitriles is 1. The lowest BCUT2D eigenvalue weighted by molar-refractivity contribution is -0.385. The maximum absolute atomic E-state index is 11.4. The number of benzene rings is 2. The molecule has 3 rings (SSSR count). The Labute approximate surface area is 148 Å². The average molecular weight is 350 g/mol. The van der Waals surface area contributed by atoms with Crippen LogP contribution in [0.2, 0.25) is 0 Å². The van der Waals surface area contributed by atoms with Gasteiger partial charge < -0.3 is 14.5 Å². The molecule has 0 aliphatic rings. The first-order chi connectivity index (χ1) is 12.6. The van der Waals surface area contributed by atoms with Crippen LogP contribution in [0.5, 0.6) is 11.5 Å². The Hall–Kier alpha value is -3.86. The molecule has 0 aliphatic heterocycles. The molecule has 0 spiro atoms. The summed E-state index contributed by atoms with van der Waals surface area (Å²) < 4.78 is 10.3. The molecule has 8 heteroatoms. The SMILES string of the molecule is COc1cc(C=C(C#N)c2nc3ccccc3[nH]2)c([N+](=O)[O-])cc1OC. The second-order valence-electron chi connectivity index (χ2n) is 5.30. The summed E-state index contributed by atoms with van der Waals surface area (Å²) in [4.78, 5) is 18.3. The van der Waals surface area contributed by atoms with Crippen LogP contribution in [0.25, 0.3) is 22.7 Å². The van der Waals surface area contributed by atoms with Crippen molar-refractivity contribution in [3.05, 3.63) is 57.9 Å². The van der Waals surface area contributed by atoms with Crippen molar-refractivity contribution in [2.45, 2.75) is 0 Å². The summed E-state index contributed by atoms with van der Waals surface area (Å²) in [6, 6.07) is 12.1. The topological polar surface area (TPSA) is 114 Å². The molecule has 0 radical (unpaired) electrons. The van der Waals surface area contributed by atoms with Gasteiger partial charge in [-0.2, -0.15) is 5.26 Å². The Kier molecular flexibility index (Phi) is 4.53. The third-order valence-electron chi connectivity index (χ3n) is 3.79. The molecule has 2 aromatic carbocycles. The minimum Gasteiger partial charge on any atom is -0.493 e. The van der Waals surface area contributed by atoms with Gasteiger partial charge in [-0.15, -0.1) is 0 Å². The number of nitrogens with zero attached hydrogens (tertiary/aromatic N) is 3. The molecule has 1 aromatic heterocycles. The second-order valence-corrected chi connectivity index (χ2v) is 5.30. The van der Waals surface area contributed by atoms with E-state index < -0.39 is 4.92 Å². The van der Waals surface area contributed by atoms with Gasteiger partial charge in [-0.05, 0) is 24.3 Å². The average Bonchev–Trinajstić information content (AvgIpc) is 3.09. The van der Waals surface area contributed by atoms with Crippen LogP contribution in [0, 0.1) is 21.4 Å². The van der Waals surface area contributed by atoms with Gasteiger partial charge in [0, 0.05) is 0 Å². The number of aromatic nitrogens is 2. The Morgan fingerprint density at radius 3 is 2.58 bits per heavy atom. The van der Waals surface area contributed by atoms with E-state index in [-0.39, 0.29) is 22.6 Å². The smallest absolute Gasteiger partial charge is 0.280 e. The molecule has 0 fully saturated rings. The Balaban J connectivity index is 2.17. The molecule has 0 aliphatic carbocycles. The maximum atomic E-state index is 11.4. The fourth-order valence-corrected chi connectivity index (χ4v) is 2.55. The quantitative estimate of drug-likeness (QED) is 0.427. The monoisotopic (exact) mass is 350 g/mol. The summed E-state index contributed by atoms with van der Waals surface area (Å²) in [6.07, 6.45) is 1.40. The number of imidazole rings is 1. The normalized spacial score (nSPS) is 11.2. The van der Waals surface area contributed by atoms with Crippen molar-refractivity contribution < 1.29 is 14.4 Å². The fourth-order valence-electron chi connectivity index (χ4n) is 2.55. The van der Waals surface area contributed by atoms with E-state index in [1.165, 1.54) is 32.4 Å². The minimum atomic E-state index is -0.540. The number of nitrogens with one attached hydrogen (secondary N) is 1. The lowest BCUT2D eigenvalue weighted by Gasteiger charge is -2.09. The van der Waals surface area contributed by atoms with E-state index in [2.05, 4.69) is 9.97 Å². The van der Waals surface area contributed by atoms with Crippen molar-refractivity contribution >= 4 is 28.4 Å². The zero-order chi connectivity index (χ0) is 18.7. The molecule has 0 unspecified atom stereocenters. The summed E-state index contributed by atoms with van der Waals surface area (Å²) in [7, 11) is 2.83. The van der Waals surface area contributed by atoms with Gasteiger partial charge in [-0.1, -0.05) is 12.1 Å². The van der Waals surface area contributed by atoms with Gasteiger partial charge in [0.1, 0.15) is 11.9 Å². The molecular formula is C18H14N4O4. The molecule has 1 heterocycles. The van der Waals surface area contributed by atoms with Gasteiger partial charge in [0.05, 0.1) is 47.4 Å². The molecule has 8 nitrogen and oxygen atoms in total. The number of nitro benzene ring substituents is 1. The molecule has 0 amide bonds. The zero-order valence-electron chi connectivity index (χ0n) is 14.0. The molecule has 26 heavy (non-hydrogen) atoms. The minimum absolute atomic E-state index is 0.163. The Morgan fingerprint density at radius 2 is 1.96 bits per heavy atom. The molecule has 0 atom stereocenters. The predicted molar refractivity (Wildman–Crippen MR) is 95.8 cm³/mol. The van der Waals surface area contributed by atoms with Crippen LogP contribution in [0.15, 0.2) is 36.4 Å². The summed E-state index contributed by atoms with van der Waals surface area (Å²) in [5, 5.41) is 20.9. The van der Waals surface area contributed by atoms with Gasteiger partial charge in [-0.25, -0.2) is 4.98 Å². The van der Waals surface area contributed by atoms with Gasteiger partial charge >= 0.3 is 0 Å². The number of ether oxygens (including phenoxy) is 2. The predicted octanol–water partition coefficient (Wildman–Crippen LogP) is 3.55. The zero-order valence-corrected chi connectivity index (χ0v) is 14.0. The van der Waals surface area contributed by atoms with Crippen LogP contribution in [-0.4, -0.2) is 29.1 Å². The largest absolute Gasteiger partial charge is 0.493 e. The van der Waals surface area contributed by atoms with Crippen LogP contribution in [0.1, 0.15) is 11.4 Å². The number of hydrogen-bond donors (Lipinski definition) is 1. The maximum Gasteiger partial charge on any atom is 0.280 e. The van der Waals surface area contributed by atoms with Crippen molar-refractivity contribution in [1.29, 1.82) is 5.26 Å². The molecule has 3 aromatic rings. The number of H-pyrrole nitrogens is 1. The first-order valence-electron chi connectivity index (χ1n) is 7.54. The number of rotatable bonds is 5. The number of allylic oxidation sites excluding steroid dienone is 1. The molecule has 0 bridgehead atoms. The number of nitro groups is 1. The standard InChI is InChI=1S/C18H14N4O4/c1-25-16-8-11(15(22(23)24)9-17(16)26-2)7-12(10-19)18-20-13-5-3-4-6-14(13)21-18/h3-9H,1-2H3,(H,20,21). The van der Waals surface area contributed by atoms with Crippen LogP contribution in [0.4, 0.5) is 5.69 Å². The van der Waals surface area contributed by atoms with Crippen LogP contribution < -0.4 is 9.47 Å². The highest BCUT2D eigenvalue weighted by molar-refractivity contribution is 5.92. The highest BCUT2D eigenvalue weighted by atomic mass is 16.6. The molecule has 130 valence electrons. The van der Waals surface area contributed by atoms with E-state index in [0.29, 0.717) is 17.1 Å². The third-order valence-corrected chi connectivity index (χ3v) is 3.79. The Bertz CT molecular complexity index is 1030. The van der Waals surface area contributed by atoms with E-state index in [4.69, 9.17) is 9.47 Å². The summed E-state index contributed by atoms with van der Waals surface area (Å²) in [5.41, 5.74) is 1.64. The summed E-state index contributed by atoms with van der Waals surface area (Å²) >= 11 is 0. The van der Waals surface area contributed by atoms with Crippen LogP contribution in [-0.2, 0) is 0 Å². The van der Waals surface area contributed by atoms with E-state index >= 15 is 0 Å². The summed E-state index contributed by atoms with van der Waals surface area (Å²) in [5.74, 6) is 0.891. The number of fused-ring (bicyclic) bond motifs is 1. The van der Waals surface area contributed by atoms with E-state index in [9.17, 15) is 15.4 Å². The highest BCUT2D eigenvalue weighted by Crippen LogP contribution is 2.36. The highest BCUT2D eigenvalue weighted by Gasteiger charge is 2.19. The van der Waals surface area contributed by atoms with E-state index in [0.717, 1.165) is 5.52 Å². The first kappa shape index (κ1) is 17.0. The van der Waals surface area contributed by atoms with Crippen molar-refractivity contribution in [2.75, 3.05) is 14.2 Å². The van der Waals surface area contributed by atoms with Gasteiger partial charge in [-0.3, -0.25) is 10.1 Å². The van der Waals surface area contributed by atoms with Crippen molar-refractivity contribution in [3.63, 3.8) is 0 Å². The Morgan fingerprint density at radius 1 is 1.27 bits per heavy atom. The lowest BCUT2D eigenvalue weighted by atomic mass is 10.1. The fraction of sp³-hybridized carbons (Fsp3) is 0.111. The third kappa shape index (κ3) is 3.06. The molecular weight excluding hydrogens is 336 g/mol. The number of methoxy groups -OCH3 is 2. The van der Waals surface area contributed by atoms with Crippen molar-refractivity contribution in [2.24, 2.45) is 0 Å². The molecule has 0 saturated carbocycles. The van der Waals surface area contributed by atoms with Crippen molar-refractivity contribution in [1.82, 2.24) is 9.97 Å². The second kappa shape index (κ2) is 6.94.